The molecule has 0 amide bonds. The first-order valence-electron chi connectivity index (χ1n) is 13.0. The molecule has 0 unspecified atom stereocenters. The van der Waals surface area contributed by atoms with Crippen molar-refractivity contribution in [3.05, 3.63) is 29.3 Å². The van der Waals surface area contributed by atoms with Gasteiger partial charge >= 0.3 is 0 Å². The predicted octanol–water partition coefficient (Wildman–Crippen LogP) is 6.24. The summed E-state index contributed by atoms with van der Waals surface area (Å²) in [7, 11) is 0. The largest absolute Gasteiger partial charge is 0.378 e. The highest BCUT2D eigenvalue weighted by Crippen LogP contribution is 2.38. The number of carbonyl (C=O) groups excluding carboxylic acids is 1. The predicted molar refractivity (Wildman–Crippen MR) is 134 cm³/mol. The van der Waals surface area contributed by atoms with Gasteiger partial charge < -0.3 is 14.4 Å². The highest BCUT2D eigenvalue weighted by molar-refractivity contribution is 7.14. The third-order valence-electron chi connectivity index (χ3n) is 7.97. The van der Waals surface area contributed by atoms with Gasteiger partial charge in [-0.25, -0.2) is 0 Å². The first kappa shape index (κ1) is 23.0. The Bertz CT molecular complexity index is 877. The molecule has 0 N–H and O–H groups in total. The lowest BCUT2D eigenvalue weighted by atomic mass is 9.83. The fourth-order valence-electron chi connectivity index (χ4n) is 5.74. The van der Waals surface area contributed by atoms with Crippen molar-refractivity contribution in [2.75, 3.05) is 24.6 Å². The SMILES string of the molecule is O=C[C@H]1CC[C@H](c2nnc(-c3ccc(N4CCC(OCC5CCCCC5)CC4)cc3)s2)CC1. The summed E-state index contributed by atoms with van der Waals surface area (Å²) in [6.07, 6.45) is 14.8. The van der Waals surface area contributed by atoms with Crippen LogP contribution >= 0.6 is 11.3 Å². The van der Waals surface area contributed by atoms with Crippen molar-refractivity contribution in [3.8, 4) is 10.6 Å². The highest BCUT2D eigenvalue weighted by atomic mass is 32.1. The molecule has 2 saturated carbocycles. The van der Waals surface area contributed by atoms with E-state index in [-0.39, 0.29) is 5.92 Å². The van der Waals surface area contributed by atoms with Crippen LogP contribution in [0.2, 0.25) is 0 Å². The van der Waals surface area contributed by atoms with Crippen LogP contribution in [0, 0.1) is 11.8 Å². The minimum Gasteiger partial charge on any atom is -0.378 e. The summed E-state index contributed by atoms with van der Waals surface area (Å²) in [6, 6.07) is 8.84. The summed E-state index contributed by atoms with van der Waals surface area (Å²) in [5, 5.41) is 11.1. The molecule has 2 aromatic rings. The van der Waals surface area contributed by atoms with Crippen LogP contribution in [0.25, 0.3) is 10.6 Å². The van der Waals surface area contributed by atoms with Gasteiger partial charge in [-0.05, 0) is 81.5 Å². The average molecular weight is 468 g/mol. The Morgan fingerprint density at radius 2 is 1.64 bits per heavy atom. The Balaban J connectivity index is 1.11. The molecule has 2 aliphatic carbocycles. The number of piperidine rings is 1. The molecule has 178 valence electrons. The van der Waals surface area contributed by atoms with E-state index in [1.807, 2.05) is 0 Å². The molecule has 0 radical (unpaired) electrons. The summed E-state index contributed by atoms with van der Waals surface area (Å²) < 4.78 is 6.29. The maximum absolute atomic E-state index is 11.0. The molecular weight excluding hydrogens is 430 g/mol. The van der Waals surface area contributed by atoms with Gasteiger partial charge in [0.15, 0.2) is 0 Å². The number of rotatable bonds is 7. The van der Waals surface area contributed by atoms with Gasteiger partial charge in [0.2, 0.25) is 0 Å². The van der Waals surface area contributed by atoms with E-state index in [1.165, 1.54) is 37.8 Å². The molecule has 0 bridgehead atoms. The number of hydrogen-bond donors (Lipinski definition) is 0. The number of nitrogens with zero attached hydrogens (tertiary/aromatic N) is 3. The molecule has 1 aromatic heterocycles. The average Bonchev–Trinajstić information content (AvgIpc) is 3.39. The zero-order valence-corrected chi connectivity index (χ0v) is 20.5. The van der Waals surface area contributed by atoms with Crippen LogP contribution < -0.4 is 4.90 Å². The van der Waals surface area contributed by atoms with Crippen LogP contribution in [-0.4, -0.2) is 42.3 Å². The molecule has 0 atom stereocenters. The maximum Gasteiger partial charge on any atom is 0.147 e. The number of ether oxygens (including phenoxy) is 1. The molecule has 3 fully saturated rings. The second-order valence-electron chi connectivity index (χ2n) is 10.3. The van der Waals surface area contributed by atoms with E-state index in [4.69, 9.17) is 4.74 Å². The first-order valence-corrected chi connectivity index (χ1v) is 13.9. The van der Waals surface area contributed by atoms with Crippen molar-refractivity contribution in [1.82, 2.24) is 10.2 Å². The maximum atomic E-state index is 11.0. The van der Waals surface area contributed by atoms with Crippen LogP contribution in [-0.2, 0) is 9.53 Å². The number of benzene rings is 1. The third kappa shape index (κ3) is 5.83. The summed E-state index contributed by atoms with van der Waals surface area (Å²) in [6.45, 7) is 3.12. The number of aldehydes is 1. The van der Waals surface area contributed by atoms with Crippen LogP contribution in [0.4, 0.5) is 5.69 Å². The summed E-state index contributed by atoms with van der Waals surface area (Å²) in [5.74, 6) is 1.51. The smallest absolute Gasteiger partial charge is 0.147 e. The fraction of sp³-hybridized carbons (Fsp3) is 0.667. The van der Waals surface area contributed by atoms with E-state index in [0.717, 1.165) is 86.0 Å². The van der Waals surface area contributed by atoms with Crippen molar-refractivity contribution in [2.45, 2.75) is 82.7 Å². The van der Waals surface area contributed by atoms with Gasteiger partial charge in [0.1, 0.15) is 16.3 Å². The molecular formula is C27H37N3O2S. The van der Waals surface area contributed by atoms with E-state index in [9.17, 15) is 4.79 Å². The molecule has 1 aliphatic heterocycles. The summed E-state index contributed by atoms with van der Waals surface area (Å²) >= 11 is 1.72. The van der Waals surface area contributed by atoms with Gasteiger partial charge in [0, 0.05) is 42.8 Å². The quantitative estimate of drug-likeness (QED) is 0.451. The molecule has 2 heterocycles. The number of carbonyl (C=O) groups is 1. The Hall–Kier alpha value is -1.79. The molecule has 5 nitrogen and oxygen atoms in total. The van der Waals surface area contributed by atoms with Crippen LogP contribution in [0.5, 0.6) is 0 Å². The normalized spacial score (nSPS) is 25.3. The van der Waals surface area contributed by atoms with Gasteiger partial charge in [-0.3, -0.25) is 0 Å². The lowest BCUT2D eigenvalue weighted by molar-refractivity contribution is -0.111. The van der Waals surface area contributed by atoms with E-state index in [1.54, 1.807) is 11.3 Å². The minimum absolute atomic E-state index is 0.245. The van der Waals surface area contributed by atoms with Gasteiger partial charge in [-0.2, -0.15) is 0 Å². The Labute approximate surface area is 201 Å². The zero-order valence-electron chi connectivity index (χ0n) is 19.7. The molecule has 5 rings (SSSR count). The molecule has 0 spiro atoms. The second kappa shape index (κ2) is 11.1. The third-order valence-corrected chi connectivity index (χ3v) is 9.10. The van der Waals surface area contributed by atoms with Crippen LogP contribution in [0.3, 0.4) is 0 Å². The second-order valence-corrected chi connectivity index (χ2v) is 11.3. The molecule has 1 saturated heterocycles. The van der Waals surface area contributed by atoms with E-state index < -0.39 is 0 Å². The highest BCUT2D eigenvalue weighted by Gasteiger charge is 2.25. The Kier molecular flexibility index (Phi) is 7.72. The van der Waals surface area contributed by atoms with Crippen molar-refractivity contribution < 1.29 is 9.53 Å². The van der Waals surface area contributed by atoms with Crippen molar-refractivity contribution in [3.63, 3.8) is 0 Å². The lowest BCUT2D eigenvalue weighted by Gasteiger charge is -2.34. The summed E-state index contributed by atoms with van der Waals surface area (Å²) in [4.78, 5) is 13.5. The molecule has 33 heavy (non-hydrogen) atoms. The van der Waals surface area contributed by atoms with Gasteiger partial charge in [0.25, 0.3) is 0 Å². The first-order chi connectivity index (χ1) is 16.3. The molecule has 3 aliphatic rings. The van der Waals surface area contributed by atoms with E-state index >= 15 is 0 Å². The Morgan fingerprint density at radius 3 is 2.33 bits per heavy atom. The van der Waals surface area contributed by atoms with Gasteiger partial charge in [-0.1, -0.05) is 30.6 Å². The van der Waals surface area contributed by atoms with Gasteiger partial charge in [0.05, 0.1) is 6.10 Å². The number of aromatic nitrogens is 2. The van der Waals surface area contributed by atoms with Crippen molar-refractivity contribution in [2.24, 2.45) is 11.8 Å². The Morgan fingerprint density at radius 1 is 0.909 bits per heavy atom. The van der Waals surface area contributed by atoms with E-state index in [2.05, 4.69) is 39.4 Å². The molecule has 6 heteroatoms. The standard InChI is InChI=1S/C27H37N3O2S/c31-18-20-6-8-22(9-7-20)26-28-29-27(33-26)23-10-12-24(13-11-23)30-16-14-25(15-17-30)32-19-21-4-2-1-3-5-21/h10-13,18,20-22,25H,1-9,14-17,19H2/t20-,22-. The lowest BCUT2D eigenvalue weighted by Crippen LogP contribution is -2.37. The summed E-state index contributed by atoms with van der Waals surface area (Å²) in [5.41, 5.74) is 2.44. The van der Waals surface area contributed by atoms with Crippen molar-refractivity contribution in [1.29, 1.82) is 0 Å². The van der Waals surface area contributed by atoms with Crippen LogP contribution in [0.15, 0.2) is 24.3 Å². The van der Waals surface area contributed by atoms with Crippen molar-refractivity contribution >= 4 is 23.3 Å². The number of anilines is 1. The zero-order chi connectivity index (χ0) is 22.5. The molecule has 1 aromatic carbocycles. The van der Waals surface area contributed by atoms with E-state index in [0.29, 0.717) is 12.0 Å². The topological polar surface area (TPSA) is 55.3 Å². The van der Waals surface area contributed by atoms with Crippen LogP contribution in [0.1, 0.15) is 81.6 Å². The monoisotopic (exact) mass is 467 g/mol. The number of hydrogen-bond acceptors (Lipinski definition) is 6. The van der Waals surface area contributed by atoms with Gasteiger partial charge in [-0.15, -0.1) is 10.2 Å². The fourth-order valence-corrected chi connectivity index (χ4v) is 6.76. The minimum atomic E-state index is 0.245.